The van der Waals surface area contributed by atoms with Crippen LogP contribution in [-0.4, -0.2) is 26.2 Å². The summed E-state index contributed by atoms with van der Waals surface area (Å²) < 4.78 is 7.67. The van der Waals surface area contributed by atoms with E-state index >= 15 is 0 Å². The monoisotopic (exact) mass is 409 g/mol. The maximum Gasteiger partial charge on any atom is 0.167 e. The zero-order chi connectivity index (χ0) is 21.2. The molecule has 0 unspecified atom stereocenters. The summed E-state index contributed by atoms with van der Waals surface area (Å²) in [5, 5.41) is 8.65. The largest absolute Gasteiger partial charge is 0.368 e. The number of hydrogen-bond acceptors (Lipinski definition) is 5. The average molecular weight is 409 g/mol. The predicted octanol–water partition coefficient (Wildman–Crippen LogP) is 5.48. The third-order valence-corrected chi connectivity index (χ3v) is 5.42. The van der Waals surface area contributed by atoms with E-state index in [2.05, 4.69) is 62.3 Å². The fourth-order valence-electron chi connectivity index (χ4n) is 3.86. The molecular formula is C25H23N5O. The highest BCUT2D eigenvalue weighted by molar-refractivity contribution is 5.81. The van der Waals surface area contributed by atoms with E-state index in [1.54, 1.807) is 6.33 Å². The Morgan fingerprint density at radius 2 is 1.71 bits per heavy atom. The van der Waals surface area contributed by atoms with Crippen LogP contribution in [0.2, 0.25) is 0 Å². The molecule has 0 radical (unpaired) electrons. The summed E-state index contributed by atoms with van der Waals surface area (Å²) >= 11 is 0. The van der Waals surface area contributed by atoms with E-state index in [9.17, 15) is 0 Å². The van der Waals surface area contributed by atoms with E-state index in [1.807, 2.05) is 43.3 Å². The number of benzene rings is 2. The van der Waals surface area contributed by atoms with Gasteiger partial charge in [0, 0.05) is 47.6 Å². The average Bonchev–Trinajstić information content (AvgIpc) is 3.37. The van der Waals surface area contributed by atoms with Crippen molar-refractivity contribution < 1.29 is 4.52 Å². The summed E-state index contributed by atoms with van der Waals surface area (Å²) in [5.41, 5.74) is 6.28. The fourth-order valence-corrected chi connectivity index (χ4v) is 3.86. The molecule has 154 valence electrons. The topological polar surface area (TPSA) is 68.8 Å². The van der Waals surface area contributed by atoms with Gasteiger partial charge >= 0.3 is 0 Å². The molecule has 0 aliphatic heterocycles. The number of para-hydroxylation sites is 1. The number of hydrogen-bond donors (Lipinski definition) is 1. The van der Waals surface area contributed by atoms with Crippen LogP contribution in [0.5, 0.6) is 0 Å². The lowest BCUT2D eigenvalue weighted by atomic mass is 10.1. The molecule has 0 saturated heterocycles. The van der Waals surface area contributed by atoms with Gasteiger partial charge in [-0.2, -0.15) is 0 Å². The molecule has 5 rings (SSSR count). The quantitative estimate of drug-likeness (QED) is 0.402. The summed E-state index contributed by atoms with van der Waals surface area (Å²) in [7, 11) is 0. The molecule has 0 fully saturated rings. The maximum absolute atomic E-state index is 5.34. The first-order chi connectivity index (χ1) is 15.2. The summed E-state index contributed by atoms with van der Waals surface area (Å²) in [6.45, 7) is 5.70. The standard InChI is InChI=1S/C25H23N5O/c1-17-13-24(31-29-17)20-9-7-19(8-10-20)22-15-25(28-16-27-22)26-11-12-30-18(2)14-21-5-3-4-6-23(21)30/h3-10,13-16H,11-12H2,1-2H3,(H,26,27,28). The van der Waals surface area contributed by atoms with E-state index in [4.69, 9.17) is 4.52 Å². The van der Waals surface area contributed by atoms with Gasteiger partial charge in [-0.1, -0.05) is 47.6 Å². The van der Waals surface area contributed by atoms with Crippen LogP contribution in [-0.2, 0) is 6.54 Å². The van der Waals surface area contributed by atoms with Crippen molar-refractivity contribution >= 4 is 16.7 Å². The molecule has 6 heteroatoms. The lowest BCUT2D eigenvalue weighted by Gasteiger charge is -2.11. The Bertz CT molecular complexity index is 1330. The smallest absolute Gasteiger partial charge is 0.167 e. The van der Waals surface area contributed by atoms with Crippen LogP contribution in [0.15, 0.2) is 77.6 Å². The summed E-state index contributed by atoms with van der Waals surface area (Å²) in [4.78, 5) is 8.82. The minimum Gasteiger partial charge on any atom is -0.368 e. The van der Waals surface area contributed by atoms with Gasteiger partial charge in [-0.05, 0) is 31.4 Å². The van der Waals surface area contributed by atoms with Crippen molar-refractivity contribution in [3.8, 4) is 22.6 Å². The molecule has 5 aromatic rings. The van der Waals surface area contributed by atoms with Gasteiger partial charge in [-0.15, -0.1) is 0 Å². The molecule has 2 aromatic carbocycles. The molecule has 0 aliphatic carbocycles. The number of anilines is 1. The maximum atomic E-state index is 5.34. The highest BCUT2D eigenvalue weighted by Gasteiger charge is 2.08. The Morgan fingerprint density at radius 3 is 2.52 bits per heavy atom. The molecule has 0 atom stereocenters. The first-order valence-corrected chi connectivity index (χ1v) is 10.3. The number of rotatable bonds is 6. The number of fused-ring (bicyclic) bond motifs is 1. The molecule has 6 nitrogen and oxygen atoms in total. The second-order valence-electron chi connectivity index (χ2n) is 7.62. The molecule has 0 saturated carbocycles. The van der Waals surface area contributed by atoms with E-state index in [1.165, 1.54) is 16.6 Å². The number of aryl methyl sites for hydroxylation is 2. The van der Waals surface area contributed by atoms with Gasteiger partial charge in [0.05, 0.1) is 11.4 Å². The Labute approximate surface area is 180 Å². The highest BCUT2D eigenvalue weighted by Crippen LogP contribution is 2.25. The number of nitrogens with one attached hydrogen (secondary N) is 1. The summed E-state index contributed by atoms with van der Waals surface area (Å²) in [5.74, 6) is 1.58. The molecule has 0 amide bonds. The van der Waals surface area contributed by atoms with Crippen molar-refractivity contribution in [2.75, 3.05) is 11.9 Å². The van der Waals surface area contributed by atoms with Crippen molar-refractivity contribution in [2.24, 2.45) is 0 Å². The lowest BCUT2D eigenvalue weighted by Crippen LogP contribution is -2.12. The third-order valence-electron chi connectivity index (χ3n) is 5.42. The SMILES string of the molecule is Cc1cc(-c2ccc(-c3cc(NCCn4c(C)cc5ccccc54)ncn3)cc2)on1. The Morgan fingerprint density at radius 1 is 0.903 bits per heavy atom. The molecular weight excluding hydrogens is 386 g/mol. The van der Waals surface area contributed by atoms with Gasteiger partial charge in [0.15, 0.2) is 5.76 Å². The van der Waals surface area contributed by atoms with E-state index in [0.29, 0.717) is 0 Å². The van der Waals surface area contributed by atoms with Crippen LogP contribution >= 0.6 is 0 Å². The Hall–Kier alpha value is -3.93. The van der Waals surface area contributed by atoms with Crippen LogP contribution in [0.4, 0.5) is 5.82 Å². The summed E-state index contributed by atoms with van der Waals surface area (Å²) in [6, 6.07) is 22.7. The van der Waals surface area contributed by atoms with Crippen molar-refractivity contribution in [3.63, 3.8) is 0 Å². The zero-order valence-electron chi connectivity index (χ0n) is 17.5. The van der Waals surface area contributed by atoms with E-state index < -0.39 is 0 Å². The van der Waals surface area contributed by atoms with Crippen LogP contribution in [0.3, 0.4) is 0 Å². The molecule has 0 spiro atoms. The minimum atomic E-state index is 0.766. The molecule has 0 bridgehead atoms. The molecule has 31 heavy (non-hydrogen) atoms. The lowest BCUT2D eigenvalue weighted by molar-refractivity contribution is 0.427. The molecule has 0 aliphatic rings. The van der Waals surface area contributed by atoms with Crippen molar-refractivity contribution in [1.82, 2.24) is 19.7 Å². The van der Waals surface area contributed by atoms with Crippen LogP contribution in [0.25, 0.3) is 33.5 Å². The second-order valence-corrected chi connectivity index (χ2v) is 7.62. The van der Waals surface area contributed by atoms with Crippen molar-refractivity contribution in [1.29, 1.82) is 0 Å². The Kier molecular flexibility index (Phi) is 4.96. The second kappa shape index (κ2) is 8.07. The summed E-state index contributed by atoms with van der Waals surface area (Å²) in [6.07, 6.45) is 1.60. The molecule has 3 aromatic heterocycles. The Balaban J connectivity index is 1.28. The first kappa shape index (κ1) is 19.1. The first-order valence-electron chi connectivity index (χ1n) is 10.3. The number of aromatic nitrogens is 4. The van der Waals surface area contributed by atoms with E-state index in [-0.39, 0.29) is 0 Å². The van der Waals surface area contributed by atoms with Gasteiger partial charge in [0.2, 0.25) is 0 Å². The van der Waals surface area contributed by atoms with Crippen LogP contribution in [0.1, 0.15) is 11.4 Å². The van der Waals surface area contributed by atoms with Crippen LogP contribution in [0, 0.1) is 13.8 Å². The normalized spacial score (nSPS) is 11.2. The molecule has 1 N–H and O–H groups in total. The van der Waals surface area contributed by atoms with Crippen molar-refractivity contribution in [3.05, 3.63) is 84.4 Å². The van der Waals surface area contributed by atoms with Crippen LogP contribution < -0.4 is 5.32 Å². The molecule has 3 heterocycles. The predicted molar refractivity (Wildman–Crippen MR) is 123 cm³/mol. The number of nitrogens with zero attached hydrogens (tertiary/aromatic N) is 4. The third kappa shape index (κ3) is 3.92. The van der Waals surface area contributed by atoms with Gasteiger partial charge in [0.25, 0.3) is 0 Å². The fraction of sp³-hybridized carbons (Fsp3) is 0.160. The van der Waals surface area contributed by atoms with Gasteiger partial charge in [-0.3, -0.25) is 0 Å². The van der Waals surface area contributed by atoms with Gasteiger partial charge in [-0.25, -0.2) is 9.97 Å². The zero-order valence-corrected chi connectivity index (χ0v) is 17.5. The van der Waals surface area contributed by atoms with Gasteiger partial charge < -0.3 is 14.4 Å². The van der Waals surface area contributed by atoms with Crippen molar-refractivity contribution in [2.45, 2.75) is 20.4 Å². The highest BCUT2D eigenvalue weighted by atomic mass is 16.5. The van der Waals surface area contributed by atoms with Gasteiger partial charge in [0.1, 0.15) is 12.1 Å². The minimum absolute atomic E-state index is 0.766. The van der Waals surface area contributed by atoms with E-state index in [0.717, 1.165) is 47.2 Å².